The molecule has 0 aliphatic heterocycles. The summed E-state index contributed by atoms with van der Waals surface area (Å²) in [7, 11) is 0. The summed E-state index contributed by atoms with van der Waals surface area (Å²) in [4.78, 5) is 0. The van der Waals surface area contributed by atoms with Crippen molar-refractivity contribution < 1.29 is 5.11 Å². The summed E-state index contributed by atoms with van der Waals surface area (Å²) in [5, 5.41) is 10.2. The van der Waals surface area contributed by atoms with Gasteiger partial charge >= 0.3 is 0 Å². The van der Waals surface area contributed by atoms with Crippen molar-refractivity contribution in [3.63, 3.8) is 0 Å². The second-order valence-electron chi connectivity index (χ2n) is 9.43. The fourth-order valence-corrected chi connectivity index (χ4v) is 5.25. The van der Waals surface area contributed by atoms with E-state index < -0.39 is 0 Å². The lowest BCUT2D eigenvalue weighted by atomic mass is 9.65. The molecule has 0 aromatic carbocycles. The molecule has 0 fully saturated rings. The molecule has 0 aromatic rings. The van der Waals surface area contributed by atoms with Gasteiger partial charge in [0.2, 0.25) is 0 Å². The van der Waals surface area contributed by atoms with Gasteiger partial charge in [-0.3, -0.25) is 0 Å². The van der Waals surface area contributed by atoms with E-state index in [1.807, 2.05) is 0 Å². The summed E-state index contributed by atoms with van der Waals surface area (Å²) >= 11 is 0. The van der Waals surface area contributed by atoms with Crippen molar-refractivity contribution in [3.05, 3.63) is 47.1 Å². The zero-order valence-electron chi connectivity index (χ0n) is 19.2. The van der Waals surface area contributed by atoms with Crippen LogP contribution in [0.3, 0.4) is 0 Å². The maximum Gasteiger partial charge on any atom is 0.0603 e. The van der Waals surface area contributed by atoms with Crippen LogP contribution in [0.1, 0.15) is 86.5 Å². The molecule has 0 spiro atoms. The third-order valence-corrected chi connectivity index (χ3v) is 7.10. The largest absolute Gasteiger partial charge is 0.393 e. The Morgan fingerprint density at radius 1 is 1.21 bits per heavy atom. The van der Waals surface area contributed by atoms with E-state index in [0.29, 0.717) is 17.8 Å². The van der Waals surface area contributed by atoms with Crippen molar-refractivity contribution in [3.8, 4) is 0 Å². The molecule has 3 unspecified atom stereocenters. The number of hydrogen-bond donors (Lipinski definition) is 1. The van der Waals surface area contributed by atoms with E-state index >= 15 is 0 Å². The van der Waals surface area contributed by atoms with Crippen molar-refractivity contribution in [1.82, 2.24) is 0 Å². The Balaban J connectivity index is 2.25. The molecule has 0 amide bonds. The highest BCUT2D eigenvalue weighted by atomic mass is 16.3. The molecule has 6 atom stereocenters. The molecular formula is C27H44O. The van der Waals surface area contributed by atoms with Gasteiger partial charge in [0.15, 0.2) is 0 Å². The van der Waals surface area contributed by atoms with Crippen LogP contribution < -0.4 is 0 Å². The highest BCUT2D eigenvalue weighted by Crippen LogP contribution is 2.44. The van der Waals surface area contributed by atoms with Crippen LogP contribution in [0.5, 0.6) is 0 Å². The van der Waals surface area contributed by atoms with Gasteiger partial charge in [0.1, 0.15) is 0 Å². The van der Waals surface area contributed by atoms with E-state index in [0.717, 1.165) is 24.7 Å². The predicted octanol–water partition coefficient (Wildman–Crippen LogP) is 7.64. The normalized spacial score (nSPS) is 29.7. The van der Waals surface area contributed by atoms with Crippen molar-refractivity contribution >= 4 is 0 Å². The lowest BCUT2D eigenvalue weighted by Gasteiger charge is -2.39. The molecule has 0 heterocycles. The van der Waals surface area contributed by atoms with Crippen LogP contribution in [0.25, 0.3) is 0 Å². The molecule has 158 valence electrons. The van der Waals surface area contributed by atoms with Gasteiger partial charge < -0.3 is 5.11 Å². The second-order valence-corrected chi connectivity index (χ2v) is 9.43. The van der Waals surface area contributed by atoms with Crippen molar-refractivity contribution in [1.29, 1.82) is 0 Å². The first-order chi connectivity index (χ1) is 13.4. The Bertz CT molecular complexity index is 602. The number of hydrogen-bond acceptors (Lipinski definition) is 1. The Kier molecular flexibility index (Phi) is 9.28. The molecule has 2 aliphatic carbocycles. The highest BCUT2D eigenvalue weighted by Gasteiger charge is 2.34. The van der Waals surface area contributed by atoms with Crippen molar-refractivity contribution in [2.75, 3.05) is 0 Å². The topological polar surface area (TPSA) is 20.2 Å². The van der Waals surface area contributed by atoms with Crippen molar-refractivity contribution in [2.45, 2.75) is 92.6 Å². The van der Waals surface area contributed by atoms with E-state index in [1.165, 1.54) is 43.3 Å². The van der Waals surface area contributed by atoms with Gasteiger partial charge in [0.25, 0.3) is 0 Å². The molecule has 0 aromatic heterocycles. The van der Waals surface area contributed by atoms with Crippen LogP contribution in [0.15, 0.2) is 47.1 Å². The molecule has 0 bridgehead atoms. The van der Waals surface area contributed by atoms with E-state index in [2.05, 4.69) is 71.9 Å². The van der Waals surface area contributed by atoms with Gasteiger partial charge in [-0.2, -0.15) is 0 Å². The summed E-state index contributed by atoms with van der Waals surface area (Å²) in [6, 6.07) is 0. The van der Waals surface area contributed by atoms with Crippen LogP contribution in [-0.2, 0) is 0 Å². The van der Waals surface area contributed by atoms with Crippen molar-refractivity contribution in [2.24, 2.45) is 29.6 Å². The Labute approximate surface area is 174 Å². The summed E-state index contributed by atoms with van der Waals surface area (Å²) < 4.78 is 0. The third-order valence-electron chi connectivity index (χ3n) is 7.10. The molecule has 28 heavy (non-hydrogen) atoms. The standard InChI is InChI=1S/C27H44O/c1-7-10-11-21(8-2)26-18-25(17-24(20(26)6)16-19(4)5)22-12-14-23(15-13-22)27(28)9-3/h12-14,16-17,20-21,23,25-28H,7-11,15,18H2,1-6H3/t20?,21?,23?,25-,26-,27+/m0/s1. The average molecular weight is 385 g/mol. The van der Waals surface area contributed by atoms with Crippen LogP contribution in [0.2, 0.25) is 0 Å². The summed E-state index contributed by atoms with van der Waals surface area (Å²) in [6.07, 6.45) is 20.2. The van der Waals surface area contributed by atoms with Crippen LogP contribution >= 0.6 is 0 Å². The van der Waals surface area contributed by atoms with Gasteiger partial charge in [0.05, 0.1) is 6.10 Å². The zero-order valence-corrected chi connectivity index (χ0v) is 19.2. The molecule has 1 heteroatoms. The summed E-state index contributed by atoms with van der Waals surface area (Å²) in [5.74, 6) is 3.07. The van der Waals surface area contributed by atoms with E-state index in [-0.39, 0.29) is 6.10 Å². The lowest BCUT2D eigenvalue weighted by molar-refractivity contribution is 0.126. The van der Waals surface area contributed by atoms with Gasteiger partial charge in [-0.1, -0.05) is 89.3 Å². The van der Waals surface area contributed by atoms with Gasteiger partial charge in [0, 0.05) is 11.8 Å². The van der Waals surface area contributed by atoms with Gasteiger partial charge in [-0.15, -0.1) is 0 Å². The van der Waals surface area contributed by atoms with E-state index in [1.54, 1.807) is 5.57 Å². The first-order valence-corrected chi connectivity index (χ1v) is 11.8. The second kappa shape index (κ2) is 11.2. The molecule has 0 saturated heterocycles. The molecule has 2 aliphatic rings. The van der Waals surface area contributed by atoms with E-state index in [9.17, 15) is 5.11 Å². The predicted molar refractivity (Wildman–Crippen MR) is 123 cm³/mol. The molecule has 1 nitrogen and oxygen atoms in total. The maximum atomic E-state index is 10.2. The Hall–Kier alpha value is -1.08. The minimum Gasteiger partial charge on any atom is -0.393 e. The molecule has 1 N–H and O–H groups in total. The molecule has 2 rings (SSSR count). The molecule has 0 radical (unpaired) electrons. The van der Waals surface area contributed by atoms with E-state index in [4.69, 9.17) is 0 Å². The lowest BCUT2D eigenvalue weighted by Crippen LogP contribution is -2.30. The number of unbranched alkanes of at least 4 members (excludes halogenated alkanes) is 1. The average Bonchev–Trinajstić information content (AvgIpc) is 2.70. The Morgan fingerprint density at radius 2 is 1.96 bits per heavy atom. The number of allylic oxidation sites excluding steroid dienone is 7. The quantitative estimate of drug-likeness (QED) is 0.433. The van der Waals surface area contributed by atoms with Crippen LogP contribution in [0, 0.1) is 29.6 Å². The zero-order chi connectivity index (χ0) is 20.7. The van der Waals surface area contributed by atoms with Gasteiger partial charge in [-0.25, -0.2) is 0 Å². The molecular weight excluding hydrogens is 340 g/mol. The molecule has 0 saturated carbocycles. The SMILES string of the molecule is CCCCC(CC)[C@H]1C[C@@H](C2=CCC([C@H](O)CC)C=C2)C=C(C=C(C)C)C1C. The number of aliphatic hydroxyl groups excluding tert-OH is 1. The Morgan fingerprint density at radius 3 is 2.50 bits per heavy atom. The smallest absolute Gasteiger partial charge is 0.0603 e. The first kappa shape index (κ1) is 23.2. The first-order valence-electron chi connectivity index (χ1n) is 11.8. The fraction of sp³-hybridized carbons (Fsp3) is 0.704. The fourth-order valence-electron chi connectivity index (χ4n) is 5.25. The minimum absolute atomic E-state index is 0.205. The van der Waals surface area contributed by atoms with Crippen LogP contribution in [-0.4, -0.2) is 11.2 Å². The monoisotopic (exact) mass is 384 g/mol. The number of rotatable bonds is 9. The summed E-state index contributed by atoms with van der Waals surface area (Å²) in [5.41, 5.74) is 4.42. The third kappa shape index (κ3) is 5.96. The number of aliphatic hydroxyl groups is 1. The minimum atomic E-state index is -0.205. The maximum absolute atomic E-state index is 10.2. The van der Waals surface area contributed by atoms with Crippen LogP contribution in [0.4, 0.5) is 0 Å². The highest BCUT2D eigenvalue weighted by molar-refractivity contribution is 5.36. The summed E-state index contributed by atoms with van der Waals surface area (Å²) in [6.45, 7) is 13.7. The van der Waals surface area contributed by atoms with Gasteiger partial charge in [-0.05, 0) is 62.0 Å².